The lowest BCUT2D eigenvalue weighted by atomic mass is 9.77. The van der Waals surface area contributed by atoms with E-state index in [1.807, 2.05) is 30.3 Å². The summed E-state index contributed by atoms with van der Waals surface area (Å²) in [5.74, 6) is 0.149. The summed E-state index contributed by atoms with van der Waals surface area (Å²) in [5, 5.41) is 18.3. The van der Waals surface area contributed by atoms with Crippen LogP contribution < -0.4 is 10.6 Å². The van der Waals surface area contributed by atoms with Gasteiger partial charge >= 0.3 is 0 Å². The first-order valence-electron chi connectivity index (χ1n) is 10.5. The van der Waals surface area contributed by atoms with Crippen molar-refractivity contribution < 1.29 is 9.72 Å². The van der Waals surface area contributed by atoms with Crippen LogP contribution in [0.25, 0.3) is 0 Å². The molecule has 3 aromatic rings. The van der Waals surface area contributed by atoms with E-state index < -0.39 is 0 Å². The van der Waals surface area contributed by atoms with Gasteiger partial charge in [-0.25, -0.2) is 0 Å². The van der Waals surface area contributed by atoms with E-state index in [9.17, 15) is 14.9 Å². The van der Waals surface area contributed by atoms with Crippen molar-refractivity contribution in [2.24, 2.45) is 5.92 Å². The minimum absolute atomic E-state index is 0.0339. The fraction of sp³-hybridized carbons (Fsp3) is 0.160. The topological polar surface area (TPSA) is 84.3 Å². The van der Waals surface area contributed by atoms with Crippen LogP contribution in [0.1, 0.15) is 39.9 Å². The van der Waals surface area contributed by atoms with Gasteiger partial charge in [-0.1, -0.05) is 47.5 Å². The molecule has 0 bridgehead atoms. The second-order valence-corrected chi connectivity index (χ2v) is 9.05. The van der Waals surface area contributed by atoms with Crippen molar-refractivity contribution in [1.29, 1.82) is 0 Å². The molecule has 1 heterocycles. The number of hydrogen-bond donors (Lipinski definition) is 2. The minimum atomic E-state index is -0.389. The Morgan fingerprint density at radius 1 is 1.06 bits per heavy atom. The lowest BCUT2D eigenvalue weighted by Crippen LogP contribution is -2.29. The van der Waals surface area contributed by atoms with Crippen LogP contribution in [0.5, 0.6) is 0 Å². The van der Waals surface area contributed by atoms with Crippen LogP contribution in [0.4, 0.5) is 17.1 Å². The van der Waals surface area contributed by atoms with E-state index in [1.165, 1.54) is 0 Å². The highest BCUT2D eigenvalue weighted by molar-refractivity contribution is 6.37. The molecule has 0 saturated carbocycles. The number of nitrogens with zero attached hydrogens (tertiary/aromatic N) is 1. The summed E-state index contributed by atoms with van der Waals surface area (Å²) >= 11 is 12.1. The Morgan fingerprint density at radius 2 is 1.85 bits per heavy atom. The number of allylic oxidation sites excluding steroid dienone is 2. The maximum Gasteiger partial charge on any atom is 0.269 e. The lowest BCUT2D eigenvalue weighted by molar-refractivity contribution is -0.384. The Morgan fingerprint density at radius 3 is 2.58 bits per heavy atom. The molecule has 0 unspecified atom stereocenters. The zero-order valence-corrected chi connectivity index (χ0v) is 18.8. The van der Waals surface area contributed by atoms with Crippen molar-refractivity contribution in [1.82, 2.24) is 0 Å². The summed E-state index contributed by atoms with van der Waals surface area (Å²) in [7, 11) is 0. The first-order valence-corrected chi connectivity index (χ1v) is 11.2. The molecular weight excluding hydrogens is 461 g/mol. The molecule has 0 radical (unpaired) electrons. The number of nitrogens with one attached hydrogen (secondary N) is 2. The highest BCUT2D eigenvalue weighted by Crippen LogP contribution is 2.50. The molecule has 8 heteroatoms. The number of non-ortho nitro benzene ring substituents is 1. The van der Waals surface area contributed by atoms with Gasteiger partial charge in [-0.3, -0.25) is 14.9 Å². The Labute approximate surface area is 200 Å². The Kier molecular flexibility index (Phi) is 5.56. The molecule has 0 fully saturated rings. The molecule has 2 aliphatic rings. The second kappa shape index (κ2) is 8.54. The SMILES string of the molecule is O=C(Nc1ccc2c(c1)[C@@H]1C=CC[C@H]1[C@@H](c1ccc([N+](=O)[O-])cc1)N2)c1ccc(Cl)cc1Cl. The first-order chi connectivity index (χ1) is 15.9. The van der Waals surface area contributed by atoms with Crippen molar-refractivity contribution in [2.75, 3.05) is 10.6 Å². The average Bonchev–Trinajstić information content (AvgIpc) is 3.29. The number of fused-ring (bicyclic) bond motifs is 3. The summed E-state index contributed by atoms with van der Waals surface area (Å²) in [6, 6.07) is 17.3. The number of hydrogen-bond acceptors (Lipinski definition) is 4. The van der Waals surface area contributed by atoms with Crippen LogP contribution in [0.15, 0.2) is 72.8 Å². The van der Waals surface area contributed by atoms with Crippen molar-refractivity contribution in [3.8, 4) is 0 Å². The third-order valence-electron chi connectivity index (χ3n) is 6.26. The predicted octanol–water partition coefficient (Wildman–Crippen LogP) is 6.98. The number of amides is 1. The normalized spacial score (nSPS) is 20.5. The van der Waals surface area contributed by atoms with Gasteiger partial charge in [-0.15, -0.1) is 0 Å². The molecule has 1 aliphatic heterocycles. The molecule has 1 amide bonds. The predicted molar refractivity (Wildman–Crippen MR) is 130 cm³/mol. The minimum Gasteiger partial charge on any atom is -0.378 e. The number of nitro groups is 1. The van der Waals surface area contributed by atoms with Crippen molar-refractivity contribution in [2.45, 2.75) is 18.4 Å². The van der Waals surface area contributed by atoms with Crippen LogP contribution in [-0.2, 0) is 0 Å². The largest absolute Gasteiger partial charge is 0.378 e. The third kappa shape index (κ3) is 4.08. The smallest absolute Gasteiger partial charge is 0.269 e. The third-order valence-corrected chi connectivity index (χ3v) is 6.81. The number of rotatable bonds is 4. The quantitative estimate of drug-likeness (QED) is 0.240. The summed E-state index contributed by atoms with van der Waals surface area (Å²) in [4.78, 5) is 23.4. The molecule has 0 spiro atoms. The van der Waals surface area contributed by atoms with Gasteiger partial charge in [0.2, 0.25) is 0 Å². The Bertz CT molecular complexity index is 1290. The van der Waals surface area contributed by atoms with E-state index in [0.29, 0.717) is 21.3 Å². The summed E-state index contributed by atoms with van der Waals surface area (Å²) < 4.78 is 0. The van der Waals surface area contributed by atoms with E-state index in [1.54, 1.807) is 30.3 Å². The zero-order valence-electron chi connectivity index (χ0n) is 17.3. The molecule has 1 aliphatic carbocycles. The van der Waals surface area contributed by atoms with Gasteiger partial charge in [-0.2, -0.15) is 0 Å². The molecule has 6 nitrogen and oxygen atoms in total. The number of anilines is 2. The van der Waals surface area contributed by atoms with Gasteiger partial charge in [-0.05, 0) is 59.9 Å². The summed E-state index contributed by atoms with van der Waals surface area (Å²) in [6.45, 7) is 0. The maximum atomic E-state index is 12.7. The van der Waals surface area contributed by atoms with Gasteiger partial charge in [0.1, 0.15) is 0 Å². The monoisotopic (exact) mass is 479 g/mol. The Hall–Kier alpha value is -3.35. The fourth-order valence-electron chi connectivity index (χ4n) is 4.68. The van der Waals surface area contributed by atoms with Gasteiger partial charge in [0.05, 0.1) is 21.6 Å². The Balaban J connectivity index is 1.41. The molecule has 166 valence electrons. The van der Waals surface area contributed by atoms with E-state index in [0.717, 1.165) is 23.2 Å². The molecule has 3 aromatic carbocycles. The van der Waals surface area contributed by atoms with Crippen molar-refractivity contribution >= 4 is 46.2 Å². The second-order valence-electron chi connectivity index (χ2n) is 8.20. The number of carbonyl (C=O) groups is 1. The van der Waals surface area contributed by atoms with Crippen LogP contribution in [0, 0.1) is 16.0 Å². The fourth-order valence-corrected chi connectivity index (χ4v) is 5.17. The maximum absolute atomic E-state index is 12.7. The van der Waals surface area contributed by atoms with Crippen LogP contribution in [0.2, 0.25) is 10.0 Å². The molecule has 2 N–H and O–H groups in total. The highest BCUT2D eigenvalue weighted by Gasteiger charge is 2.38. The number of carbonyl (C=O) groups excluding carboxylic acids is 1. The lowest BCUT2D eigenvalue weighted by Gasteiger charge is -2.37. The van der Waals surface area contributed by atoms with E-state index in [4.69, 9.17) is 23.2 Å². The van der Waals surface area contributed by atoms with E-state index >= 15 is 0 Å². The highest BCUT2D eigenvalue weighted by atomic mass is 35.5. The molecule has 33 heavy (non-hydrogen) atoms. The van der Waals surface area contributed by atoms with Gasteiger partial charge < -0.3 is 10.6 Å². The van der Waals surface area contributed by atoms with Crippen LogP contribution in [-0.4, -0.2) is 10.8 Å². The zero-order chi connectivity index (χ0) is 23.1. The standard InChI is InChI=1S/C25H19Cl2N3O3/c26-15-6-10-20(22(27)12-15)25(31)28-16-7-11-23-21(13-16)18-2-1-3-19(18)24(29-23)14-4-8-17(9-5-14)30(32)33/h1-2,4-13,18-19,24,29H,3H2,(H,28,31)/t18-,19-,24-/m1/s1. The van der Waals surface area contributed by atoms with E-state index in [-0.39, 0.29) is 34.4 Å². The van der Waals surface area contributed by atoms with E-state index in [2.05, 4.69) is 22.8 Å². The summed E-state index contributed by atoms with van der Waals surface area (Å²) in [6.07, 6.45) is 5.27. The summed E-state index contributed by atoms with van der Waals surface area (Å²) in [5.41, 5.74) is 4.21. The number of benzene rings is 3. The van der Waals surface area contributed by atoms with Gasteiger partial charge in [0, 0.05) is 34.4 Å². The van der Waals surface area contributed by atoms with Crippen LogP contribution >= 0.6 is 23.2 Å². The van der Waals surface area contributed by atoms with Crippen molar-refractivity contribution in [3.63, 3.8) is 0 Å². The number of halogens is 2. The molecule has 3 atom stereocenters. The molecule has 5 rings (SSSR count). The van der Waals surface area contributed by atoms with Gasteiger partial charge in [0.25, 0.3) is 11.6 Å². The van der Waals surface area contributed by atoms with Crippen LogP contribution in [0.3, 0.4) is 0 Å². The van der Waals surface area contributed by atoms with Crippen molar-refractivity contribution in [3.05, 3.63) is 110 Å². The first kappa shape index (κ1) is 21.5. The molecule has 0 aromatic heterocycles. The number of nitro benzene ring substituents is 1. The average molecular weight is 480 g/mol. The molecule has 0 saturated heterocycles. The molecular formula is C25H19Cl2N3O3. The van der Waals surface area contributed by atoms with Gasteiger partial charge in [0.15, 0.2) is 0 Å².